The molecule has 19 heavy (non-hydrogen) atoms. The lowest BCUT2D eigenvalue weighted by Crippen LogP contribution is -2.31. The van der Waals surface area contributed by atoms with Crippen molar-refractivity contribution in [2.75, 3.05) is 32.8 Å². The minimum absolute atomic E-state index is 0.157. The number of rotatable bonds is 4. The minimum atomic E-state index is -0.157. The Morgan fingerprint density at radius 2 is 2.11 bits per heavy atom. The van der Waals surface area contributed by atoms with Crippen LogP contribution in [0.2, 0.25) is 0 Å². The predicted molar refractivity (Wildman–Crippen MR) is 75.0 cm³/mol. The van der Waals surface area contributed by atoms with E-state index in [1.54, 1.807) is 0 Å². The van der Waals surface area contributed by atoms with Crippen molar-refractivity contribution in [1.29, 1.82) is 5.26 Å². The second kappa shape index (κ2) is 7.13. The normalized spacial score (nSPS) is 18.3. The van der Waals surface area contributed by atoms with Crippen molar-refractivity contribution in [3.05, 3.63) is 29.8 Å². The summed E-state index contributed by atoms with van der Waals surface area (Å²) in [5.41, 5.74) is 1.05. The summed E-state index contributed by atoms with van der Waals surface area (Å²) in [5.74, 6) is 0.862. The van der Waals surface area contributed by atoms with Gasteiger partial charge in [-0.3, -0.25) is 4.90 Å². The van der Waals surface area contributed by atoms with Crippen LogP contribution in [-0.4, -0.2) is 37.7 Å². The molecular formula is C15H21N3O. The quantitative estimate of drug-likeness (QED) is 0.898. The predicted octanol–water partition coefficient (Wildman–Crippen LogP) is 1.95. The lowest BCUT2D eigenvalue weighted by molar-refractivity contribution is 0.252. The van der Waals surface area contributed by atoms with Crippen LogP contribution in [0.25, 0.3) is 0 Å². The van der Waals surface area contributed by atoms with E-state index in [1.807, 2.05) is 31.2 Å². The van der Waals surface area contributed by atoms with Gasteiger partial charge in [-0.15, -0.1) is 0 Å². The summed E-state index contributed by atoms with van der Waals surface area (Å²) in [6.07, 6.45) is 1.09. The highest BCUT2D eigenvalue weighted by atomic mass is 16.5. The maximum absolute atomic E-state index is 9.45. The Morgan fingerprint density at radius 1 is 1.32 bits per heavy atom. The van der Waals surface area contributed by atoms with Gasteiger partial charge in [0.05, 0.1) is 12.7 Å². The fraction of sp³-hybridized carbons (Fsp3) is 0.533. The molecule has 1 atom stereocenters. The molecule has 4 heteroatoms. The first kappa shape index (κ1) is 13.9. The van der Waals surface area contributed by atoms with Gasteiger partial charge in [0.2, 0.25) is 0 Å². The van der Waals surface area contributed by atoms with Crippen molar-refractivity contribution >= 4 is 0 Å². The van der Waals surface area contributed by atoms with E-state index in [4.69, 9.17) is 4.74 Å². The van der Waals surface area contributed by atoms with Gasteiger partial charge in [0, 0.05) is 19.6 Å². The summed E-state index contributed by atoms with van der Waals surface area (Å²) in [5, 5.41) is 12.8. The van der Waals surface area contributed by atoms with Crippen LogP contribution in [0.1, 0.15) is 24.9 Å². The number of nitrogens with zero attached hydrogens (tertiary/aromatic N) is 2. The van der Waals surface area contributed by atoms with Gasteiger partial charge in [0.1, 0.15) is 11.8 Å². The third-order valence-corrected chi connectivity index (χ3v) is 3.37. The van der Waals surface area contributed by atoms with Gasteiger partial charge in [0.25, 0.3) is 0 Å². The fourth-order valence-corrected chi connectivity index (χ4v) is 2.40. The molecule has 1 unspecified atom stereocenters. The molecule has 0 radical (unpaired) electrons. The van der Waals surface area contributed by atoms with Crippen LogP contribution in [-0.2, 0) is 0 Å². The maximum atomic E-state index is 9.45. The molecule has 1 heterocycles. The number of benzene rings is 1. The third kappa shape index (κ3) is 3.69. The molecule has 1 aromatic carbocycles. The average molecular weight is 259 g/mol. The van der Waals surface area contributed by atoms with E-state index >= 15 is 0 Å². The first-order chi connectivity index (χ1) is 9.35. The molecule has 0 aliphatic carbocycles. The fourth-order valence-electron chi connectivity index (χ4n) is 2.40. The first-order valence-corrected chi connectivity index (χ1v) is 6.92. The lowest BCUT2D eigenvalue weighted by atomic mass is 10.1. The molecule has 0 spiro atoms. The summed E-state index contributed by atoms with van der Waals surface area (Å²) in [6, 6.07) is 10.1. The van der Waals surface area contributed by atoms with Crippen molar-refractivity contribution in [1.82, 2.24) is 10.2 Å². The molecule has 1 aliphatic heterocycles. The van der Waals surface area contributed by atoms with Gasteiger partial charge in [-0.25, -0.2) is 0 Å². The number of nitrogens with one attached hydrogen (secondary N) is 1. The van der Waals surface area contributed by atoms with Crippen LogP contribution in [0, 0.1) is 11.3 Å². The molecule has 2 rings (SSSR count). The zero-order chi connectivity index (χ0) is 13.5. The molecule has 0 amide bonds. The number of ether oxygens (including phenoxy) is 1. The monoisotopic (exact) mass is 259 g/mol. The molecule has 1 aromatic rings. The third-order valence-electron chi connectivity index (χ3n) is 3.37. The van der Waals surface area contributed by atoms with Crippen LogP contribution in [0.3, 0.4) is 0 Å². The molecule has 1 fully saturated rings. The zero-order valence-electron chi connectivity index (χ0n) is 11.4. The highest BCUT2D eigenvalue weighted by molar-refractivity contribution is 5.31. The Balaban J connectivity index is 2.09. The van der Waals surface area contributed by atoms with Crippen LogP contribution in [0.15, 0.2) is 24.3 Å². The second-order valence-corrected chi connectivity index (χ2v) is 4.67. The van der Waals surface area contributed by atoms with E-state index < -0.39 is 0 Å². The number of nitriles is 1. The van der Waals surface area contributed by atoms with E-state index in [-0.39, 0.29) is 6.04 Å². The van der Waals surface area contributed by atoms with Crippen LogP contribution in [0.5, 0.6) is 5.75 Å². The molecule has 0 aromatic heterocycles. The van der Waals surface area contributed by atoms with Gasteiger partial charge in [-0.2, -0.15) is 5.26 Å². The summed E-state index contributed by atoms with van der Waals surface area (Å²) in [7, 11) is 0. The zero-order valence-corrected chi connectivity index (χ0v) is 11.4. The van der Waals surface area contributed by atoms with Gasteiger partial charge in [0.15, 0.2) is 0 Å². The molecular weight excluding hydrogens is 238 g/mol. The maximum Gasteiger partial charge on any atom is 0.123 e. The molecule has 0 saturated carbocycles. The van der Waals surface area contributed by atoms with E-state index in [1.165, 1.54) is 0 Å². The van der Waals surface area contributed by atoms with Crippen molar-refractivity contribution < 1.29 is 4.74 Å². The average Bonchev–Trinajstić information content (AvgIpc) is 2.71. The minimum Gasteiger partial charge on any atom is -0.494 e. The van der Waals surface area contributed by atoms with Crippen molar-refractivity contribution in [2.45, 2.75) is 19.4 Å². The molecule has 1 saturated heterocycles. The lowest BCUT2D eigenvalue weighted by Gasteiger charge is -2.25. The van der Waals surface area contributed by atoms with Gasteiger partial charge in [-0.1, -0.05) is 12.1 Å². The molecule has 4 nitrogen and oxygen atoms in total. The standard InChI is InChI=1S/C15H21N3O/c1-2-19-14-6-4-13(5-7-14)15(12-16)18-10-3-8-17-9-11-18/h4-7,15,17H,2-3,8-11H2,1H3. The van der Waals surface area contributed by atoms with Crippen molar-refractivity contribution in [3.63, 3.8) is 0 Å². The number of hydrogen-bond donors (Lipinski definition) is 1. The largest absolute Gasteiger partial charge is 0.494 e. The Bertz CT molecular complexity index is 416. The smallest absolute Gasteiger partial charge is 0.123 e. The van der Waals surface area contributed by atoms with Crippen LogP contribution in [0.4, 0.5) is 0 Å². The van der Waals surface area contributed by atoms with Gasteiger partial charge >= 0.3 is 0 Å². The molecule has 102 valence electrons. The second-order valence-electron chi connectivity index (χ2n) is 4.67. The van der Waals surface area contributed by atoms with Crippen molar-refractivity contribution in [3.8, 4) is 11.8 Å². The van der Waals surface area contributed by atoms with Gasteiger partial charge in [-0.05, 0) is 37.6 Å². The Hall–Kier alpha value is -1.57. The van der Waals surface area contributed by atoms with Crippen molar-refractivity contribution in [2.24, 2.45) is 0 Å². The highest BCUT2D eigenvalue weighted by Gasteiger charge is 2.20. The number of hydrogen-bond acceptors (Lipinski definition) is 4. The molecule has 0 bridgehead atoms. The molecule has 1 aliphatic rings. The van der Waals surface area contributed by atoms with E-state index in [2.05, 4.69) is 16.3 Å². The SMILES string of the molecule is CCOc1ccc(C(C#N)N2CCCNCC2)cc1. The van der Waals surface area contributed by atoms with Crippen LogP contribution >= 0.6 is 0 Å². The summed E-state index contributed by atoms with van der Waals surface area (Å²) >= 11 is 0. The van der Waals surface area contributed by atoms with E-state index in [0.717, 1.165) is 43.9 Å². The van der Waals surface area contributed by atoms with E-state index in [9.17, 15) is 5.26 Å². The summed E-state index contributed by atoms with van der Waals surface area (Å²) in [6.45, 7) is 6.52. The summed E-state index contributed by atoms with van der Waals surface area (Å²) < 4.78 is 5.43. The Morgan fingerprint density at radius 3 is 2.79 bits per heavy atom. The molecule has 1 N–H and O–H groups in total. The highest BCUT2D eigenvalue weighted by Crippen LogP contribution is 2.23. The van der Waals surface area contributed by atoms with E-state index in [0.29, 0.717) is 6.61 Å². The summed E-state index contributed by atoms with van der Waals surface area (Å²) in [4.78, 5) is 2.25. The van der Waals surface area contributed by atoms with Gasteiger partial charge < -0.3 is 10.1 Å². The first-order valence-electron chi connectivity index (χ1n) is 6.92. The topological polar surface area (TPSA) is 48.3 Å². The Labute approximate surface area is 115 Å². The Kier molecular flexibility index (Phi) is 5.20. The van der Waals surface area contributed by atoms with Crippen LogP contribution < -0.4 is 10.1 Å².